The number of aromatic nitrogens is 1. The van der Waals surface area contributed by atoms with Gasteiger partial charge in [0.25, 0.3) is 0 Å². The maximum Gasteiger partial charge on any atom is 0.128 e. The van der Waals surface area contributed by atoms with Gasteiger partial charge in [-0.15, -0.1) is 11.6 Å². The molecule has 1 aliphatic rings. The van der Waals surface area contributed by atoms with Gasteiger partial charge in [-0.05, 0) is 39.7 Å². The van der Waals surface area contributed by atoms with Crippen LogP contribution in [0.1, 0.15) is 29.7 Å². The largest absolute Gasteiger partial charge is 0.496 e. The van der Waals surface area contributed by atoms with Gasteiger partial charge >= 0.3 is 0 Å². The lowest BCUT2D eigenvalue weighted by molar-refractivity contribution is 0.202. The summed E-state index contributed by atoms with van der Waals surface area (Å²) < 4.78 is 5.45. The number of alkyl halides is 1. The van der Waals surface area contributed by atoms with Gasteiger partial charge in [0.05, 0.1) is 12.8 Å². The minimum absolute atomic E-state index is 0.401. The van der Waals surface area contributed by atoms with Crippen molar-refractivity contribution >= 4 is 11.6 Å². The third-order valence-corrected chi connectivity index (χ3v) is 4.27. The molecular formula is C15H23ClN2O. The van der Waals surface area contributed by atoms with Gasteiger partial charge in [-0.1, -0.05) is 0 Å². The average molecular weight is 283 g/mol. The van der Waals surface area contributed by atoms with E-state index in [0.29, 0.717) is 5.38 Å². The Balaban J connectivity index is 1.98. The van der Waals surface area contributed by atoms with Crippen LogP contribution in [0.25, 0.3) is 0 Å². The van der Waals surface area contributed by atoms with Crippen LogP contribution in [0.15, 0.2) is 6.20 Å². The second kappa shape index (κ2) is 6.10. The second-order valence-electron chi connectivity index (χ2n) is 5.68. The quantitative estimate of drug-likeness (QED) is 0.776. The third-order valence-electron chi connectivity index (χ3n) is 3.92. The van der Waals surface area contributed by atoms with Crippen LogP contribution < -0.4 is 4.74 Å². The summed E-state index contributed by atoms with van der Waals surface area (Å²) in [7, 11) is 3.87. The van der Waals surface area contributed by atoms with Crippen molar-refractivity contribution in [2.24, 2.45) is 5.92 Å². The van der Waals surface area contributed by atoms with Crippen molar-refractivity contribution in [3.63, 3.8) is 0 Å². The van der Waals surface area contributed by atoms with Gasteiger partial charge in [-0.3, -0.25) is 4.98 Å². The molecule has 1 fully saturated rings. The third kappa shape index (κ3) is 3.40. The fraction of sp³-hybridized carbons (Fsp3) is 0.667. The predicted molar refractivity (Wildman–Crippen MR) is 79.0 cm³/mol. The topological polar surface area (TPSA) is 25.4 Å². The van der Waals surface area contributed by atoms with Gasteiger partial charge in [-0.2, -0.15) is 0 Å². The molecule has 0 spiro atoms. The molecule has 19 heavy (non-hydrogen) atoms. The standard InChI is InChI=1S/C15H23ClN2O/c1-10-7-17-14(11(2)15(10)19-4)9-18(3)8-12-5-13(16)6-12/h7,12-13H,5-6,8-9H2,1-4H3. The summed E-state index contributed by atoms with van der Waals surface area (Å²) in [6.07, 6.45) is 4.19. The molecule has 3 nitrogen and oxygen atoms in total. The number of ether oxygens (including phenoxy) is 1. The first-order valence-corrected chi connectivity index (χ1v) is 7.26. The van der Waals surface area contributed by atoms with Crippen LogP contribution in [0.5, 0.6) is 5.75 Å². The Bertz CT molecular complexity index is 444. The first kappa shape index (κ1) is 14.6. The summed E-state index contributed by atoms with van der Waals surface area (Å²) in [6.45, 7) is 6.08. The number of hydrogen-bond donors (Lipinski definition) is 0. The molecule has 4 heteroatoms. The van der Waals surface area contributed by atoms with Crippen molar-refractivity contribution in [3.05, 3.63) is 23.0 Å². The smallest absolute Gasteiger partial charge is 0.128 e. The highest BCUT2D eigenvalue weighted by Crippen LogP contribution is 2.32. The zero-order valence-electron chi connectivity index (χ0n) is 12.2. The van der Waals surface area contributed by atoms with E-state index >= 15 is 0 Å². The molecule has 0 N–H and O–H groups in total. The Labute approximate surface area is 120 Å². The van der Waals surface area contributed by atoms with E-state index in [1.807, 2.05) is 13.1 Å². The second-order valence-corrected chi connectivity index (χ2v) is 6.29. The fourth-order valence-corrected chi connectivity index (χ4v) is 3.30. The van der Waals surface area contributed by atoms with Crippen LogP contribution in [-0.4, -0.2) is 36.0 Å². The number of hydrogen-bond acceptors (Lipinski definition) is 3. The first-order chi connectivity index (χ1) is 9.01. The fourth-order valence-electron chi connectivity index (χ4n) is 2.79. The summed E-state index contributed by atoms with van der Waals surface area (Å²) in [5, 5.41) is 0.401. The molecular weight excluding hydrogens is 260 g/mol. The van der Waals surface area contributed by atoms with Crippen LogP contribution >= 0.6 is 11.6 Å². The van der Waals surface area contributed by atoms with Gasteiger partial charge in [-0.25, -0.2) is 0 Å². The van der Waals surface area contributed by atoms with Gasteiger partial charge in [0.2, 0.25) is 0 Å². The van der Waals surface area contributed by atoms with Crippen LogP contribution in [0.3, 0.4) is 0 Å². The predicted octanol–water partition coefficient (Wildman–Crippen LogP) is 3.16. The molecule has 1 saturated carbocycles. The lowest BCUT2D eigenvalue weighted by Crippen LogP contribution is -2.34. The van der Waals surface area contributed by atoms with E-state index in [1.165, 1.54) is 0 Å². The van der Waals surface area contributed by atoms with Crippen LogP contribution in [0.4, 0.5) is 0 Å². The molecule has 0 amide bonds. The molecule has 106 valence electrons. The number of aryl methyl sites for hydroxylation is 1. The van der Waals surface area contributed by atoms with Gasteiger partial charge in [0.15, 0.2) is 0 Å². The summed E-state index contributed by atoms with van der Waals surface area (Å²) in [5.74, 6) is 1.71. The van der Waals surface area contributed by atoms with Crippen molar-refractivity contribution in [1.29, 1.82) is 0 Å². The van der Waals surface area contributed by atoms with Crippen molar-refractivity contribution in [2.45, 2.75) is 38.6 Å². The Morgan fingerprint density at radius 2 is 2.11 bits per heavy atom. The molecule has 1 aromatic heterocycles. The molecule has 0 saturated heterocycles. The lowest BCUT2D eigenvalue weighted by atomic mass is 9.84. The number of nitrogens with zero attached hydrogens (tertiary/aromatic N) is 2. The Morgan fingerprint density at radius 1 is 1.42 bits per heavy atom. The summed E-state index contributed by atoms with van der Waals surface area (Å²) in [5.41, 5.74) is 3.35. The lowest BCUT2D eigenvalue weighted by Gasteiger charge is -2.34. The van der Waals surface area contributed by atoms with E-state index < -0.39 is 0 Å². The summed E-state index contributed by atoms with van der Waals surface area (Å²) in [6, 6.07) is 0. The molecule has 0 bridgehead atoms. The number of pyridine rings is 1. The highest BCUT2D eigenvalue weighted by atomic mass is 35.5. The molecule has 1 heterocycles. The first-order valence-electron chi connectivity index (χ1n) is 6.83. The molecule has 0 aromatic carbocycles. The number of halogens is 1. The molecule has 0 atom stereocenters. The van der Waals surface area contributed by atoms with E-state index in [9.17, 15) is 0 Å². The summed E-state index contributed by atoms with van der Waals surface area (Å²) >= 11 is 6.02. The average Bonchev–Trinajstić information content (AvgIpc) is 2.32. The molecule has 1 aliphatic carbocycles. The monoisotopic (exact) mass is 282 g/mol. The van der Waals surface area contributed by atoms with E-state index in [1.54, 1.807) is 7.11 Å². The van der Waals surface area contributed by atoms with E-state index in [4.69, 9.17) is 16.3 Å². The van der Waals surface area contributed by atoms with E-state index in [0.717, 1.165) is 54.4 Å². The highest BCUT2D eigenvalue weighted by Gasteiger charge is 2.28. The number of methoxy groups -OCH3 is 1. The molecule has 1 aromatic rings. The van der Waals surface area contributed by atoms with Crippen LogP contribution in [-0.2, 0) is 6.54 Å². The van der Waals surface area contributed by atoms with Crippen molar-refractivity contribution in [2.75, 3.05) is 20.7 Å². The Hall–Kier alpha value is -0.800. The van der Waals surface area contributed by atoms with Crippen molar-refractivity contribution in [1.82, 2.24) is 9.88 Å². The molecule has 0 radical (unpaired) electrons. The van der Waals surface area contributed by atoms with Gasteiger partial charge < -0.3 is 9.64 Å². The zero-order valence-corrected chi connectivity index (χ0v) is 13.0. The maximum absolute atomic E-state index is 6.02. The highest BCUT2D eigenvalue weighted by molar-refractivity contribution is 6.21. The Morgan fingerprint density at radius 3 is 2.68 bits per heavy atom. The number of rotatable bonds is 5. The van der Waals surface area contributed by atoms with Crippen LogP contribution in [0.2, 0.25) is 0 Å². The molecule has 2 rings (SSSR count). The van der Waals surface area contributed by atoms with Gasteiger partial charge in [0, 0.05) is 35.8 Å². The van der Waals surface area contributed by atoms with Gasteiger partial charge in [0.1, 0.15) is 5.75 Å². The summed E-state index contributed by atoms with van der Waals surface area (Å²) in [4.78, 5) is 6.88. The van der Waals surface area contributed by atoms with E-state index in [-0.39, 0.29) is 0 Å². The Kier molecular flexibility index (Phi) is 4.69. The van der Waals surface area contributed by atoms with E-state index in [2.05, 4.69) is 23.9 Å². The van der Waals surface area contributed by atoms with Crippen molar-refractivity contribution < 1.29 is 4.74 Å². The minimum Gasteiger partial charge on any atom is -0.496 e. The SMILES string of the molecule is COc1c(C)cnc(CN(C)CC2CC(Cl)C2)c1C. The van der Waals surface area contributed by atoms with Crippen LogP contribution in [0, 0.1) is 19.8 Å². The molecule has 0 unspecified atom stereocenters. The zero-order chi connectivity index (χ0) is 14.0. The molecule has 0 aliphatic heterocycles. The van der Waals surface area contributed by atoms with Crippen molar-refractivity contribution in [3.8, 4) is 5.75 Å². The minimum atomic E-state index is 0.401. The normalized spacial score (nSPS) is 22.4. The maximum atomic E-state index is 6.02.